The number of anilines is 1. The molecule has 0 saturated heterocycles. The van der Waals surface area contributed by atoms with Gasteiger partial charge in [-0.05, 0) is 47.5 Å². The van der Waals surface area contributed by atoms with Gasteiger partial charge < -0.3 is 15.1 Å². The highest BCUT2D eigenvalue weighted by atomic mass is 35.5. The van der Waals surface area contributed by atoms with E-state index in [1.807, 2.05) is 6.07 Å². The maximum absolute atomic E-state index is 12.1. The van der Waals surface area contributed by atoms with Crippen LogP contribution in [0.1, 0.15) is 21.7 Å². The average molecular weight is 403 g/mol. The molecule has 1 aromatic heterocycles. The third-order valence-electron chi connectivity index (χ3n) is 3.77. The lowest BCUT2D eigenvalue weighted by Gasteiger charge is -2.09. The fraction of sp³-hybridized carbons (Fsp3) is 0.100. The van der Waals surface area contributed by atoms with Crippen molar-refractivity contribution in [2.75, 3.05) is 5.32 Å². The smallest absolute Gasteiger partial charge is 0.291 e. The Morgan fingerprint density at radius 2 is 1.78 bits per heavy atom. The number of hydrogen-bond donors (Lipinski definition) is 2. The molecule has 3 aromatic rings. The lowest BCUT2D eigenvalue weighted by molar-refractivity contribution is -0.120. The van der Waals surface area contributed by atoms with Crippen LogP contribution in [0.15, 0.2) is 65.3 Å². The van der Waals surface area contributed by atoms with Crippen molar-refractivity contribution in [1.29, 1.82) is 0 Å². The molecule has 2 amide bonds. The summed E-state index contributed by atoms with van der Waals surface area (Å²) in [6.07, 6.45) is 1.64. The zero-order valence-electron chi connectivity index (χ0n) is 14.2. The number of furan rings is 1. The Morgan fingerprint density at radius 3 is 2.52 bits per heavy atom. The highest BCUT2D eigenvalue weighted by molar-refractivity contribution is 6.42. The van der Waals surface area contributed by atoms with E-state index in [1.54, 1.807) is 48.5 Å². The summed E-state index contributed by atoms with van der Waals surface area (Å²) in [4.78, 5) is 24.1. The predicted octanol–water partition coefficient (Wildman–Crippen LogP) is 4.70. The molecule has 5 nitrogen and oxygen atoms in total. The molecule has 27 heavy (non-hydrogen) atoms. The summed E-state index contributed by atoms with van der Waals surface area (Å²) in [6.45, 7) is 0.338. The minimum Gasteiger partial charge on any atom is -0.459 e. The van der Waals surface area contributed by atoms with Gasteiger partial charge in [0, 0.05) is 12.2 Å². The van der Waals surface area contributed by atoms with Gasteiger partial charge in [-0.15, -0.1) is 0 Å². The predicted molar refractivity (Wildman–Crippen MR) is 105 cm³/mol. The largest absolute Gasteiger partial charge is 0.459 e. The molecule has 7 heteroatoms. The van der Waals surface area contributed by atoms with E-state index in [9.17, 15) is 9.59 Å². The molecular formula is C20H16Cl2N2O3. The number of benzene rings is 2. The Labute approximate surface area is 166 Å². The topological polar surface area (TPSA) is 71.3 Å². The second kappa shape index (κ2) is 8.75. The number of carbonyl (C=O) groups is 2. The first kappa shape index (κ1) is 19.0. The molecule has 0 atom stereocenters. The highest BCUT2D eigenvalue weighted by Gasteiger charge is 2.09. The summed E-state index contributed by atoms with van der Waals surface area (Å²) >= 11 is 11.8. The van der Waals surface area contributed by atoms with E-state index in [0.717, 1.165) is 11.1 Å². The summed E-state index contributed by atoms with van der Waals surface area (Å²) in [7, 11) is 0. The first-order valence-electron chi connectivity index (χ1n) is 8.15. The fourth-order valence-corrected chi connectivity index (χ4v) is 2.78. The standard InChI is InChI=1S/C20H16Cl2N2O3/c21-16-7-6-13(10-17(16)22)11-19(25)23-12-14-3-1-4-15(9-14)24-20(26)18-5-2-8-27-18/h1-10H,11-12H2,(H,23,25)(H,24,26). The quantitative estimate of drug-likeness (QED) is 0.627. The van der Waals surface area contributed by atoms with E-state index in [0.29, 0.717) is 22.3 Å². The van der Waals surface area contributed by atoms with Crippen molar-refractivity contribution in [3.63, 3.8) is 0 Å². The van der Waals surface area contributed by atoms with Crippen molar-refractivity contribution in [2.45, 2.75) is 13.0 Å². The fourth-order valence-electron chi connectivity index (χ4n) is 2.46. The van der Waals surface area contributed by atoms with Crippen LogP contribution in [0.3, 0.4) is 0 Å². The van der Waals surface area contributed by atoms with Gasteiger partial charge in [0.1, 0.15) is 0 Å². The minimum atomic E-state index is -0.333. The Bertz CT molecular complexity index is 956. The van der Waals surface area contributed by atoms with Crippen LogP contribution in [-0.2, 0) is 17.8 Å². The van der Waals surface area contributed by atoms with Gasteiger partial charge in [-0.1, -0.05) is 41.4 Å². The van der Waals surface area contributed by atoms with Crippen molar-refractivity contribution in [3.8, 4) is 0 Å². The van der Waals surface area contributed by atoms with Crippen LogP contribution in [0, 0.1) is 0 Å². The molecule has 138 valence electrons. The third-order valence-corrected chi connectivity index (χ3v) is 4.51. The van der Waals surface area contributed by atoms with Gasteiger partial charge in [-0.3, -0.25) is 9.59 Å². The van der Waals surface area contributed by atoms with Crippen molar-refractivity contribution in [1.82, 2.24) is 5.32 Å². The molecule has 2 aromatic carbocycles. The second-order valence-electron chi connectivity index (χ2n) is 5.83. The lowest BCUT2D eigenvalue weighted by atomic mass is 10.1. The van der Waals surface area contributed by atoms with Gasteiger partial charge in [0.2, 0.25) is 5.91 Å². The summed E-state index contributed by atoms with van der Waals surface area (Å²) in [5.41, 5.74) is 2.25. The molecule has 0 fully saturated rings. The van der Waals surface area contributed by atoms with Gasteiger partial charge in [0.15, 0.2) is 5.76 Å². The Morgan fingerprint density at radius 1 is 0.926 bits per heavy atom. The molecule has 3 rings (SSSR count). The molecule has 0 bridgehead atoms. The summed E-state index contributed by atoms with van der Waals surface area (Å²) in [5, 5.41) is 6.47. The lowest BCUT2D eigenvalue weighted by Crippen LogP contribution is -2.24. The average Bonchev–Trinajstić information content (AvgIpc) is 3.18. The summed E-state index contributed by atoms with van der Waals surface area (Å²) < 4.78 is 5.06. The van der Waals surface area contributed by atoms with Gasteiger partial charge in [0.25, 0.3) is 5.91 Å². The van der Waals surface area contributed by atoms with Crippen LogP contribution in [-0.4, -0.2) is 11.8 Å². The van der Waals surface area contributed by atoms with Crippen LogP contribution < -0.4 is 10.6 Å². The van der Waals surface area contributed by atoms with Crippen LogP contribution in [0.25, 0.3) is 0 Å². The zero-order chi connectivity index (χ0) is 19.2. The van der Waals surface area contributed by atoms with Crippen molar-refractivity contribution in [2.24, 2.45) is 0 Å². The van der Waals surface area contributed by atoms with Crippen LogP contribution in [0.2, 0.25) is 10.0 Å². The van der Waals surface area contributed by atoms with E-state index in [1.165, 1.54) is 6.26 Å². The van der Waals surface area contributed by atoms with E-state index < -0.39 is 0 Å². The van der Waals surface area contributed by atoms with Crippen LogP contribution >= 0.6 is 23.2 Å². The van der Waals surface area contributed by atoms with E-state index in [2.05, 4.69) is 10.6 Å². The molecule has 0 aliphatic carbocycles. The number of halogens is 2. The molecule has 0 aliphatic heterocycles. The monoisotopic (exact) mass is 402 g/mol. The molecule has 2 N–H and O–H groups in total. The molecule has 0 spiro atoms. The van der Waals surface area contributed by atoms with E-state index in [4.69, 9.17) is 27.6 Å². The van der Waals surface area contributed by atoms with E-state index in [-0.39, 0.29) is 24.0 Å². The Hall–Kier alpha value is -2.76. The Balaban J connectivity index is 1.55. The molecular weight excluding hydrogens is 387 g/mol. The van der Waals surface area contributed by atoms with Gasteiger partial charge in [0.05, 0.1) is 22.7 Å². The highest BCUT2D eigenvalue weighted by Crippen LogP contribution is 2.22. The first-order valence-corrected chi connectivity index (χ1v) is 8.91. The number of rotatable bonds is 6. The number of amides is 2. The number of carbonyl (C=O) groups excluding carboxylic acids is 2. The normalized spacial score (nSPS) is 10.4. The van der Waals surface area contributed by atoms with Gasteiger partial charge >= 0.3 is 0 Å². The van der Waals surface area contributed by atoms with Crippen LogP contribution in [0.4, 0.5) is 5.69 Å². The Kier molecular flexibility index (Phi) is 6.16. The maximum atomic E-state index is 12.1. The van der Waals surface area contributed by atoms with E-state index >= 15 is 0 Å². The van der Waals surface area contributed by atoms with Crippen molar-refractivity contribution >= 4 is 40.7 Å². The van der Waals surface area contributed by atoms with Crippen molar-refractivity contribution in [3.05, 3.63) is 87.8 Å². The molecule has 0 aliphatic rings. The summed E-state index contributed by atoms with van der Waals surface area (Å²) in [6, 6.07) is 15.6. The third kappa shape index (κ3) is 5.36. The summed E-state index contributed by atoms with van der Waals surface area (Å²) in [5.74, 6) is -0.241. The number of nitrogens with one attached hydrogen (secondary N) is 2. The molecule has 0 radical (unpaired) electrons. The minimum absolute atomic E-state index is 0.140. The molecule has 1 heterocycles. The van der Waals surface area contributed by atoms with Gasteiger partial charge in [-0.2, -0.15) is 0 Å². The van der Waals surface area contributed by atoms with Gasteiger partial charge in [-0.25, -0.2) is 0 Å². The first-order chi connectivity index (χ1) is 13.0. The maximum Gasteiger partial charge on any atom is 0.291 e. The van der Waals surface area contributed by atoms with Crippen LogP contribution in [0.5, 0.6) is 0 Å². The molecule has 0 saturated carbocycles. The SMILES string of the molecule is O=C(Cc1ccc(Cl)c(Cl)c1)NCc1cccc(NC(=O)c2ccco2)c1. The zero-order valence-corrected chi connectivity index (χ0v) is 15.7. The van der Waals surface area contributed by atoms with Crippen molar-refractivity contribution < 1.29 is 14.0 Å². The number of hydrogen-bond acceptors (Lipinski definition) is 3. The second-order valence-corrected chi connectivity index (χ2v) is 6.65. The molecule has 0 unspecified atom stereocenters.